The van der Waals surface area contributed by atoms with Gasteiger partial charge in [-0.1, -0.05) is 30.3 Å². The topological polar surface area (TPSA) is 63.7 Å². The predicted octanol–water partition coefficient (Wildman–Crippen LogP) is 2.35. The molecular formula is C16H15N7S. The maximum atomic E-state index is 7.26. The summed E-state index contributed by atoms with van der Waals surface area (Å²) in [5, 5.41) is 9.94. The molecule has 2 heterocycles. The molecule has 2 aromatic rings. The predicted molar refractivity (Wildman–Crippen MR) is 97.6 cm³/mol. The molecule has 0 radical (unpaired) electrons. The highest BCUT2D eigenvalue weighted by Gasteiger charge is 2.23. The van der Waals surface area contributed by atoms with Gasteiger partial charge in [0.05, 0.1) is 6.57 Å². The van der Waals surface area contributed by atoms with Gasteiger partial charge in [0, 0.05) is 32.9 Å². The first-order valence-corrected chi connectivity index (χ1v) is 7.96. The molecule has 0 N–H and O–H groups in total. The molecule has 1 aliphatic heterocycles. The summed E-state index contributed by atoms with van der Waals surface area (Å²) in [5.41, 5.74) is 2.66. The van der Waals surface area contributed by atoms with Crippen molar-refractivity contribution in [3.63, 3.8) is 0 Å². The van der Waals surface area contributed by atoms with E-state index in [1.807, 2.05) is 44.4 Å². The average Bonchev–Trinajstić information content (AvgIpc) is 3.15. The van der Waals surface area contributed by atoms with Crippen LogP contribution >= 0.6 is 11.8 Å². The number of aryl methyl sites for hydroxylation is 1. The van der Waals surface area contributed by atoms with Crippen molar-refractivity contribution in [1.29, 1.82) is 0 Å². The van der Waals surface area contributed by atoms with Crippen LogP contribution in [0, 0.1) is 6.57 Å². The molecule has 0 unspecified atom stereocenters. The van der Waals surface area contributed by atoms with Crippen molar-refractivity contribution in [2.75, 3.05) is 7.05 Å². The van der Waals surface area contributed by atoms with Crippen molar-refractivity contribution in [3.05, 3.63) is 59.0 Å². The summed E-state index contributed by atoms with van der Waals surface area (Å²) in [6, 6.07) is 9.80. The lowest BCUT2D eigenvalue weighted by atomic mass is 10.1. The van der Waals surface area contributed by atoms with Gasteiger partial charge in [-0.3, -0.25) is 9.67 Å². The Morgan fingerprint density at radius 2 is 1.92 bits per heavy atom. The van der Waals surface area contributed by atoms with Crippen LogP contribution < -0.4 is 5.49 Å². The lowest BCUT2D eigenvalue weighted by Gasteiger charge is -2.00. The molecule has 0 amide bonds. The Bertz CT molecular complexity index is 968. The molecule has 24 heavy (non-hydrogen) atoms. The number of hydrogen-bond donors (Lipinski definition) is 0. The Morgan fingerprint density at radius 1 is 1.17 bits per heavy atom. The number of nitrogens with zero attached hydrogens (tertiary/aromatic N) is 7. The Labute approximate surface area is 143 Å². The first-order chi connectivity index (χ1) is 11.6. The number of benzene rings is 1. The second-order valence-corrected chi connectivity index (χ2v) is 5.94. The first-order valence-electron chi connectivity index (χ1n) is 7.15. The first kappa shape index (κ1) is 16.0. The van der Waals surface area contributed by atoms with Gasteiger partial charge in [-0.05, 0) is 11.8 Å². The van der Waals surface area contributed by atoms with Crippen molar-refractivity contribution in [2.45, 2.75) is 0 Å². The van der Waals surface area contributed by atoms with Crippen LogP contribution in [0.2, 0.25) is 0 Å². The maximum absolute atomic E-state index is 7.26. The van der Waals surface area contributed by atoms with E-state index in [0.29, 0.717) is 21.4 Å². The Kier molecular flexibility index (Phi) is 4.44. The van der Waals surface area contributed by atoms with Crippen LogP contribution in [0.15, 0.2) is 56.7 Å². The van der Waals surface area contributed by atoms with Gasteiger partial charge in [-0.2, -0.15) is 0 Å². The Balaban J connectivity index is 2.09. The Morgan fingerprint density at radius 3 is 2.58 bits per heavy atom. The van der Waals surface area contributed by atoms with Crippen molar-refractivity contribution >= 4 is 33.4 Å². The molecule has 1 aliphatic rings. The summed E-state index contributed by atoms with van der Waals surface area (Å²) in [5.74, 6) is 0. The molecule has 0 bridgehead atoms. The molecule has 120 valence electrons. The summed E-state index contributed by atoms with van der Waals surface area (Å²) in [7, 11) is 5.38. The van der Waals surface area contributed by atoms with Crippen molar-refractivity contribution in [1.82, 2.24) is 9.36 Å². The molecule has 3 rings (SSSR count). The summed E-state index contributed by atoms with van der Waals surface area (Å²) >= 11 is 1.37. The molecule has 0 atom stereocenters. The van der Waals surface area contributed by atoms with E-state index in [1.54, 1.807) is 22.6 Å². The molecule has 0 saturated carbocycles. The second kappa shape index (κ2) is 6.68. The zero-order chi connectivity index (χ0) is 17.1. The standard InChI is InChI=1S/C16H15N7S/c1-17-12-10-22(3)23(4)14(12)20-21-15-13(19-16(18-2)24-15)11-8-6-5-7-9-11/h5-10H,2-4H3. The number of hydrogen-bond acceptors (Lipinski definition) is 4. The van der Waals surface area contributed by atoms with Crippen LogP contribution in [0.4, 0.5) is 5.69 Å². The van der Waals surface area contributed by atoms with Crippen LogP contribution in [0.25, 0.3) is 4.85 Å². The SMILES string of the molecule is [C-]#[N+]c1cn(C)n(C)c1=NN=C1SC(=NC)N=C1c1ccccc1. The summed E-state index contributed by atoms with van der Waals surface area (Å²) < 4.78 is 3.56. The fraction of sp³-hybridized carbons (Fsp3) is 0.188. The summed E-state index contributed by atoms with van der Waals surface area (Å²) in [6.45, 7) is 7.26. The number of amidine groups is 1. The molecule has 7 nitrogen and oxygen atoms in total. The highest BCUT2D eigenvalue weighted by Crippen LogP contribution is 2.22. The van der Waals surface area contributed by atoms with Crippen LogP contribution in [0.3, 0.4) is 0 Å². The molecular weight excluding hydrogens is 322 g/mol. The zero-order valence-electron chi connectivity index (χ0n) is 13.5. The summed E-state index contributed by atoms with van der Waals surface area (Å²) in [4.78, 5) is 12.1. The van der Waals surface area contributed by atoms with Gasteiger partial charge in [-0.25, -0.2) is 9.84 Å². The van der Waals surface area contributed by atoms with Crippen LogP contribution in [-0.4, -0.2) is 32.3 Å². The van der Waals surface area contributed by atoms with Crippen LogP contribution in [0.1, 0.15) is 5.56 Å². The smallest absolute Gasteiger partial charge is 0.249 e. The molecule has 0 aliphatic carbocycles. The fourth-order valence-corrected chi connectivity index (χ4v) is 2.92. The third-order valence-electron chi connectivity index (χ3n) is 3.51. The van der Waals surface area contributed by atoms with Gasteiger partial charge >= 0.3 is 0 Å². The number of aliphatic imine (C=N–C) groups is 2. The van der Waals surface area contributed by atoms with Crippen LogP contribution in [0.5, 0.6) is 0 Å². The molecule has 0 fully saturated rings. The van der Waals surface area contributed by atoms with E-state index in [0.717, 1.165) is 11.3 Å². The Hall–Kier alpha value is -2.92. The second-order valence-electron chi connectivity index (χ2n) is 4.99. The minimum atomic E-state index is 0.454. The number of aromatic nitrogens is 2. The molecule has 8 heteroatoms. The van der Waals surface area contributed by atoms with Crippen molar-refractivity contribution in [3.8, 4) is 0 Å². The van der Waals surface area contributed by atoms with E-state index in [4.69, 9.17) is 6.57 Å². The van der Waals surface area contributed by atoms with E-state index in [2.05, 4.69) is 25.0 Å². The highest BCUT2D eigenvalue weighted by molar-refractivity contribution is 8.28. The van der Waals surface area contributed by atoms with E-state index >= 15 is 0 Å². The van der Waals surface area contributed by atoms with Gasteiger partial charge < -0.3 is 4.68 Å². The van der Waals surface area contributed by atoms with E-state index in [9.17, 15) is 0 Å². The van der Waals surface area contributed by atoms with Crippen molar-refractivity contribution < 1.29 is 0 Å². The largest absolute Gasteiger partial charge is 0.306 e. The van der Waals surface area contributed by atoms with Gasteiger partial charge in [0.15, 0.2) is 15.7 Å². The quantitative estimate of drug-likeness (QED) is 0.613. The van der Waals surface area contributed by atoms with Gasteiger partial charge in [0.25, 0.3) is 0 Å². The molecule has 1 aromatic carbocycles. The third kappa shape index (κ3) is 2.94. The molecule has 1 aromatic heterocycles. The van der Waals surface area contributed by atoms with Gasteiger partial charge in [0.1, 0.15) is 5.71 Å². The van der Waals surface area contributed by atoms with E-state index < -0.39 is 0 Å². The monoisotopic (exact) mass is 337 g/mol. The lowest BCUT2D eigenvalue weighted by Crippen LogP contribution is -2.18. The average molecular weight is 337 g/mol. The third-order valence-corrected chi connectivity index (χ3v) is 4.44. The normalized spacial score (nSPS) is 18.2. The minimum Gasteiger partial charge on any atom is -0.306 e. The lowest BCUT2D eigenvalue weighted by molar-refractivity contribution is 0.569. The van der Waals surface area contributed by atoms with Gasteiger partial charge in [0.2, 0.25) is 5.69 Å². The fourth-order valence-electron chi connectivity index (χ4n) is 2.17. The minimum absolute atomic E-state index is 0.454. The van der Waals surface area contributed by atoms with Gasteiger partial charge in [-0.15, -0.1) is 10.2 Å². The number of thioether (sulfide) groups is 1. The number of rotatable bonds is 2. The molecule has 0 saturated heterocycles. The van der Waals surface area contributed by atoms with E-state index in [-0.39, 0.29) is 0 Å². The summed E-state index contributed by atoms with van der Waals surface area (Å²) in [6.07, 6.45) is 1.72. The highest BCUT2D eigenvalue weighted by atomic mass is 32.2. The van der Waals surface area contributed by atoms with Crippen molar-refractivity contribution in [2.24, 2.45) is 34.3 Å². The molecule has 0 spiro atoms. The zero-order valence-corrected chi connectivity index (χ0v) is 14.3. The van der Waals surface area contributed by atoms with E-state index in [1.165, 1.54) is 11.8 Å². The maximum Gasteiger partial charge on any atom is 0.249 e. The van der Waals surface area contributed by atoms with Crippen LogP contribution in [-0.2, 0) is 14.1 Å².